The summed E-state index contributed by atoms with van der Waals surface area (Å²) in [5.41, 5.74) is 2.28. The normalized spacial score (nSPS) is 11.0. The van der Waals surface area contributed by atoms with E-state index in [9.17, 15) is 4.79 Å². The van der Waals surface area contributed by atoms with Crippen molar-refractivity contribution >= 4 is 5.91 Å². The van der Waals surface area contributed by atoms with Gasteiger partial charge in [0.25, 0.3) is 0 Å². The second kappa shape index (κ2) is 7.83. The number of rotatable bonds is 7. The molecule has 0 unspecified atom stereocenters. The highest BCUT2D eigenvalue weighted by Gasteiger charge is 2.10. The van der Waals surface area contributed by atoms with E-state index in [1.807, 2.05) is 18.2 Å². The Balaban J connectivity index is 1.52. The number of aromatic nitrogens is 1. The van der Waals surface area contributed by atoms with E-state index in [2.05, 4.69) is 36.3 Å². The van der Waals surface area contributed by atoms with Gasteiger partial charge in [-0.25, -0.2) is 4.98 Å². The summed E-state index contributed by atoms with van der Waals surface area (Å²) < 4.78 is 10.9. The van der Waals surface area contributed by atoms with Gasteiger partial charge in [-0.2, -0.15) is 0 Å². The molecular weight excluding hydrogens is 316 g/mol. The van der Waals surface area contributed by atoms with Crippen molar-refractivity contribution in [3.8, 4) is 11.3 Å². The Hall–Kier alpha value is -2.82. The van der Waals surface area contributed by atoms with Crippen LogP contribution in [0.5, 0.6) is 0 Å². The Morgan fingerprint density at radius 1 is 1.20 bits per heavy atom. The lowest BCUT2D eigenvalue weighted by Crippen LogP contribution is -2.22. The van der Waals surface area contributed by atoms with E-state index in [4.69, 9.17) is 8.83 Å². The van der Waals surface area contributed by atoms with Crippen LogP contribution in [0.25, 0.3) is 11.3 Å². The molecule has 0 atom stereocenters. The minimum Gasteiger partial charge on any atom is -0.467 e. The summed E-state index contributed by atoms with van der Waals surface area (Å²) in [6, 6.07) is 11.9. The first-order valence-electron chi connectivity index (χ1n) is 8.46. The van der Waals surface area contributed by atoms with E-state index in [-0.39, 0.29) is 5.91 Å². The number of benzene rings is 1. The average molecular weight is 338 g/mol. The van der Waals surface area contributed by atoms with Crippen LogP contribution in [-0.2, 0) is 17.8 Å². The zero-order valence-corrected chi connectivity index (χ0v) is 14.5. The zero-order valence-electron chi connectivity index (χ0n) is 14.5. The molecule has 0 saturated heterocycles. The first-order valence-corrected chi connectivity index (χ1v) is 8.46. The van der Waals surface area contributed by atoms with Gasteiger partial charge in [-0.3, -0.25) is 4.79 Å². The van der Waals surface area contributed by atoms with Crippen LogP contribution in [0, 0.1) is 0 Å². The van der Waals surface area contributed by atoms with Gasteiger partial charge in [0.05, 0.1) is 19.0 Å². The molecule has 5 heteroatoms. The average Bonchev–Trinajstić information content (AvgIpc) is 3.30. The van der Waals surface area contributed by atoms with Gasteiger partial charge in [0.1, 0.15) is 5.76 Å². The molecule has 3 rings (SSSR count). The first kappa shape index (κ1) is 17.0. The third-order valence-electron chi connectivity index (χ3n) is 4.02. The number of nitrogens with zero attached hydrogens (tertiary/aromatic N) is 1. The molecule has 0 spiro atoms. The topological polar surface area (TPSA) is 68.3 Å². The number of nitrogens with one attached hydrogen (secondary N) is 1. The van der Waals surface area contributed by atoms with Crippen LogP contribution in [0.1, 0.15) is 43.4 Å². The predicted octanol–water partition coefficient (Wildman–Crippen LogP) is 4.31. The van der Waals surface area contributed by atoms with E-state index >= 15 is 0 Å². The molecule has 1 aromatic carbocycles. The van der Waals surface area contributed by atoms with Crippen molar-refractivity contribution < 1.29 is 13.6 Å². The summed E-state index contributed by atoms with van der Waals surface area (Å²) >= 11 is 0. The summed E-state index contributed by atoms with van der Waals surface area (Å²) in [4.78, 5) is 16.1. The van der Waals surface area contributed by atoms with Crippen molar-refractivity contribution in [2.75, 3.05) is 0 Å². The standard InChI is InChI=1S/C20H22N2O3/c1-14(2)15-5-7-16(8-6-15)18-13-22-20(25-18)10-9-19(23)21-12-17-4-3-11-24-17/h3-8,11,13-14H,9-10,12H2,1-2H3,(H,21,23). The van der Waals surface area contributed by atoms with E-state index < -0.39 is 0 Å². The third-order valence-corrected chi connectivity index (χ3v) is 4.02. The van der Waals surface area contributed by atoms with Gasteiger partial charge in [0.2, 0.25) is 5.91 Å². The van der Waals surface area contributed by atoms with Crippen LogP contribution < -0.4 is 5.32 Å². The maximum atomic E-state index is 11.9. The van der Waals surface area contributed by atoms with Crippen LogP contribution in [0.15, 0.2) is 57.7 Å². The van der Waals surface area contributed by atoms with Crippen LogP contribution >= 0.6 is 0 Å². The molecule has 0 bridgehead atoms. The van der Waals surface area contributed by atoms with Gasteiger partial charge < -0.3 is 14.2 Å². The summed E-state index contributed by atoms with van der Waals surface area (Å²) in [6.07, 6.45) is 4.09. The molecule has 2 aromatic heterocycles. The van der Waals surface area contributed by atoms with Gasteiger partial charge in [0, 0.05) is 18.4 Å². The SMILES string of the molecule is CC(C)c1ccc(-c2cnc(CCC(=O)NCc3ccco3)o2)cc1. The summed E-state index contributed by atoms with van der Waals surface area (Å²) in [6.45, 7) is 4.72. The summed E-state index contributed by atoms with van der Waals surface area (Å²) in [7, 11) is 0. The number of carbonyl (C=O) groups is 1. The Bertz CT molecular complexity index is 802. The highest BCUT2D eigenvalue weighted by molar-refractivity contribution is 5.75. The van der Waals surface area contributed by atoms with Crippen molar-refractivity contribution in [2.24, 2.45) is 0 Å². The Morgan fingerprint density at radius 3 is 2.68 bits per heavy atom. The van der Waals surface area contributed by atoms with Crippen molar-refractivity contribution in [3.63, 3.8) is 0 Å². The van der Waals surface area contributed by atoms with Crippen molar-refractivity contribution in [1.29, 1.82) is 0 Å². The second-order valence-corrected chi connectivity index (χ2v) is 6.25. The van der Waals surface area contributed by atoms with E-state index in [1.54, 1.807) is 18.5 Å². The molecule has 25 heavy (non-hydrogen) atoms. The first-order chi connectivity index (χ1) is 12.1. The minimum absolute atomic E-state index is 0.0579. The monoisotopic (exact) mass is 338 g/mol. The maximum absolute atomic E-state index is 11.9. The van der Waals surface area contributed by atoms with E-state index in [1.165, 1.54) is 5.56 Å². The molecule has 0 fully saturated rings. The Labute approximate surface area is 147 Å². The molecule has 2 heterocycles. The van der Waals surface area contributed by atoms with E-state index in [0.29, 0.717) is 31.2 Å². The smallest absolute Gasteiger partial charge is 0.220 e. The fourth-order valence-corrected chi connectivity index (χ4v) is 2.50. The fourth-order valence-electron chi connectivity index (χ4n) is 2.50. The van der Waals surface area contributed by atoms with Gasteiger partial charge in [-0.1, -0.05) is 38.1 Å². The molecular formula is C20H22N2O3. The number of carbonyl (C=O) groups excluding carboxylic acids is 1. The number of hydrogen-bond donors (Lipinski definition) is 1. The number of amides is 1. The van der Waals surface area contributed by atoms with Crippen molar-refractivity contribution in [1.82, 2.24) is 10.3 Å². The molecule has 5 nitrogen and oxygen atoms in total. The van der Waals surface area contributed by atoms with Gasteiger partial charge in [-0.05, 0) is 23.6 Å². The van der Waals surface area contributed by atoms with Crippen LogP contribution in [0.3, 0.4) is 0 Å². The molecule has 1 amide bonds. The highest BCUT2D eigenvalue weighted by atomic mass is 16.4. The molecule has 130 valence electrons. The maximum Gasteiger partial charge on any atom is 0.220 e. The largest absolute Gasteiger partial charge is 0.467 e. The third kappa shape index (κ3) is 4.59. The van der Waals surface area contributed by atoms with Gasteiger partial charge in [-0.15, -0.1) is 0 Å². The highest BCUT2D eigenvalue weighted by Crippen LogP contribution is 2.23. The second-order valence-electron chi connectivity index (χ2n) is 6.25. The number of hydrogen-bond acceptors (Lipinski definition) is 4. The van der Waals surface area contributed by atoms with Gasteiger partial charge in [0.15, 0.2) is 11.7 Å². The van der Waals surface area contributed by atoms with E-state index in [0.717, 1.165) is 17.1 Å². The summed E-state index contributed by atoms with van der Waals surface area (Å²) in [5.74, 6) is 2.46. The Kier molecular flexibility index (Phi) is 5.33. The quantitative estimate of drug-likeness (QED) is 0.697. The van der Waals surface area contributed by atoms with Crippen LogP contribution in [0.4, 0.5) is 0 Å². The lowest BCUT2D eigenvalue weighted by atomic mass is 10.0. The molecule has 0 radical (unpaired) electrons. The number of aryl methyl sites for hydroxylation is 1. The molecule has 0 aliphatic heterocycles. The summed E-state index contributed by atoms with van der Waals surface area (Å²) in [5, 5.41) is 2.81. The molecule has 1 N–H and O–H groups in total. The van der Waals surface area contributed by atoms with Gasteiger partial charge >= 0.3 is 0 Å². The number of oxazole rings is 1. The number of furan rings is 1. The predicted molar refractivity (Wildman–Crippen MR) is 94.9 cm³/mol. The lowest BCUT2D eigenvalue weighted by Gasteiger charge is -2.05. The van der Waals surface area contributed by atoms with Crippen molar-refractivity contribution in [3.05, 3.63) is 66.1 Å². The van der Waals surface area contributed by atoms with Crippen molar-refractivity contribution in [2.45, 2.75) is 39.2 Å². The fraction of sp³-hybridized carbons (Fsp3) is 0.300. The zero-order chi connectivity index (χ0) is 17.6. The van der Waals surface area contributed by atoms with Crippen LogP contribution in [-0.4, -0.2) is 10.9 Å². The molecule has 0 aliphatic rings. The van der Waals surface area contributed by atoms with Crippen LogP contribution in [0.2, 0.25) is 0 Å². The minimum atomic E-state index is -0.0579. The molecule has 0 aliphatic carbocycles. The Morgan fingerprint density at radius 2 is 2.00 bits per heavy atom. The lowest BCUT2D eigenvalue weighted by molar-refractivity contribution is -0.121. The molecule has 3 aromatic rings. The molecule has 0 saturated carbocycles.